The Morgan fingerprint density at radius 3 is 2.65 bits per heavy atom. The van der Waals surface area contributed by atoms with Crippen LogP contribution in [0.4, 0.5) is 0 Å². The summed E-state index contributed by atoms with van der Waals surface area (Å²) in [4.78, 5) is 13.7. The van der Waals surface area contributed by atoms with Crippen molar-refractivity contribution in [3.63, 3.8) is 0 Å². The van der Waals surface area contributed by atoms with Gasteiger partial charge in [-0.3, -0.25) is 4.79 Å². The van der Waals surface area contributed by atoms with Crippen LogP contribution in [0.25, 0.3) is 0 Å². The Hall–Kier alpha value is -2.33. The number of benzene rings is 2. The van der Waals surface area contributed by atoms with Gasteiger partial charge in [0.25, 0.3) is 0 Å². The number of amides is 1. The molecule has 1 unspecified atom stereocenters. The van der Waals surface area contributed by atoms with E-state index in [-0.39, 0.29) is 5.91 Å². The number of hydrogen-bond donors (Lipinski definition) is 1. The number of rotatable bonds is 6. The molecule has 0 aromatic heterocycles. The lowest BCUT2D eigenvalue weighted by Crippen LogP contribution is -2.23. The molecule has 1 heterocycles. The molecule has 4 heteroatoms. The second-order valence-electron chi connectivity index (χ2n) is 7.27. The Balaban J connectivity index is 1.35. The van der Waals surface area contributed by atoms with Crippen molar-refractivity contribution in [1.29, 1.82) is 0 Å². The fourth-order valence-electron chi connectivity index (χ4n) is 4.01. The molecule has 4 nitrogen and oxygen atoms in total. The topological polar surface area (TPSA) is 41.6 Å². The molecule has 2 aromatic carbocycles. The highest BCUT2D eigenvalue weighted by Crippen LogP contribution is 2.33. The monoisotopic (exact) mass is 350 g/mol. The Labute approximate surface area is 155 Å². The molecular formula is C22H26N2O2. The van der Waals surface area contributed by atoms with Gasteiger partial charge in [0.1, 0.15) is 5.75 Å². The SMILES string of the molecule is COc1ccc2c(c1)C(NCc1ccc(CN3CCCC3=O)cc1)CC2. The van der Waals surface area contributed by atoms with Crippen molar-refractivity contribution in [3.05, 3.63) is 64.7 Å². The predicted molar refractivity (Wildman–Crippen MR) is 102 cm³/mol. The number of aryl methyl sites for hydroxylation is 1. The van der Waals surface area contributed by atoms with Gasteiger partial charge in [0, 0.05) is 32.1 Å². The summed E-state index contributed by atoms with van der Waals surface area (Å²) >= 11 is 0. The van der Waals surface area contributed by atoms with E-state index in [2.05, 4.69) is 41.7 Å². The number of likely N-dealkylation sites (tertiary alicyclic amines) is 1. The fourth-order valence-corrected chi connectivity index (χ4v) is 4.01. The van der Waals surface area contributed by atoms with Crippen molar-refractivity contribution >= 4 is 5.91 Å². The quantitative estimate of drug-likeness (QED) is 0.866. The van der Waals surface area contributed by atoms with Crippen LogP contribution in [0.15, 0.2) is 42.5 Å². The Kier molecular flexibility index (Phi) is 4.93. The van der Waals surface area contributed by atoms with Crippen molar-refractivity contribution in [1.82, 2.24) is 10.2 Å². The molecule has 1 fully saturated rings. The lowest BCUT2D eigenvalue weighted by atomic mass is 10.1. The van der Waals surface area contributed by atoms with Crippen LogP contribution in [-0.2, 0) is 24.3 Å². The third kappa shape index (κ3) is 3.61. The van der Waals surface area contributed by atoms with Gasteiger partial charge < -0.3 is 15.0 Å². The minimum absolute atomic E-state index is 0.283. The second kappa shape index (κ2) is 7.50. The van der Waals surface area contributed by atoms with Crippen molar-refractivity contribution in [2.24, 2.45) is 0 Å². The molecule has 2 aliphatic rings. The van der Waals surface area contributed by atoms with E-state index in [4.69, 9.17) is 4.74 Å². The smallest absolute Gasteiger partial charge is 0.222 e. The van der Waals surface area contributed by atoms with Crippen LogP contribution in [0.5, 0.6) is 5.75 Å². The fraction of sp³-hybridized carbons (Fsp3) is 0.409. The zero-order valence-electron chi connectivity index (χ0n) is 15.3. The van der Waals surface area contributed by atoms with Crippen LogP contribution in [0.3, 0.4) is 0 Å². The van der Waals surface area contributed by atoms with E-state index in [1.54, 1.807) is 7.11 Å². The highest BCUT2D eigenvalue weighted by molar-refractivity contribution is 5.78. The van der Waals surface area contributed by atoms with Gasteiger partial charge in [-0.1, -0.05) is 30.3 Å². The largest absolute Gasteiger partial charge is 0.497 e. The highest BCUT2D eigenvalue weighted by Gasteiger charge is 2.22. The third-order valence-electron chi connectivity index (χ3n) is 5.55. The average molecular weight is 350 g/mol. The summed E-state index contributed by atoms with van der Waals surface area (Å²) in [5.74, 6) is 1.21. The molecule has 2 aromatic rings. The summed E-state index contributed by atoms with van der Waals surface area (Å²) in [6, 6.07) is 15.4. The highest BCUT2D eigenvalue weighted by atomic mass is 16.5. The van der Waals surface area contributed by atoms with E-state index >= 15 is 0 Å². The first kappa shape index (κ1) is 17.1. The molecular weight excluding hydrogens is 324 g/mol. The minimum atomic E-state index is 0.283. The molecule has 0 bridgehead atoms. The van der Waals surface area contributed by atoms with Crippen LogP contribution in [0.2, 0.25) is 0 Å². The predicted octanol–water partition coefficient (Wildman–Crippen LogP) is 3.59. The molecule has 1 N–H and O–H groups in total. The lowest BCUT2D eigenvalue weighted by molar-refractivity contribution is -0.128. The van der Waals surface area contributed by atoms with Gasteiger partial charge in [-0.25, -0.2) is 0 Å². The van der Waals surface area contributed by atoms with Crippen molar-refractivity contribution in [3.8, 4) is 5.75 Å². The Bertz CT molecular complexity index is 785. The van der Waals surface area contributed by atoms with Gasteiger partial charge in [0.15, 0.2) is 0 Å². The number of nitrogens with one attached hydrogen (secondary N) is 1. The van der Waals surface area contributed by atoms with Crippen LogP contribution in [-0.4, -0.2) is 24.5 Å². The summed E-state index contributed by atoms with van der Waals surface area (Å²) in [7, 11) is 1.72. The summed E-state index contributed by atoms with van der Waals surface area (Å²) in [6.07, 6.45) is 3.96. The van der Waals surface area contributed by atoms with Crippen LogP contribution in [0, 0.1) is 0 Å². The number of nitrogens with zero attached hydrogens (tertiary/aromatic N) is 1. The summed E-state index contributed by atoms with van der Waals surface area (Å²) in [5, 5.41) is 3.68. The van der Waals surface area contributed by atoms with Gasteiger partial charge in [0.2, 0.25) is 5.91 Å². The minimum Gasteiger partial charge on any atom is -0.497 e. The molecule has 4 rings (SSSR count). The summed E-state index contributed by atoms with van der Waals surface area (Å²) in [6.45, 7) is 2.49. The number of carbonyl (C=O) groups is 1. The first-order chi connectivity index (χ1) is 12.7. The average Bonchev–Trinajstić information content (AvgIpc) is 3.27. The first-order valence-electron chi connectivity index (χ1n) is 9.49. The van der Waals surface area contributed by atoms with Crippen LogP contribution >= 0.6 is 0 Å². The summed E-state index contributed by atoms with van der Waals surface area (Å²) in [5.41, 5.74) is 5.28. The Morgan fingerprint density at radius 1 is 1.12 bits per heavy atom. The summed E-state index contributed by atoms with van der Waals surface area (Å²) < 4.78 is 5.37. The van der Waals surface area contributed by atoms with E-state index in [1.165, 1.54) is 22.3 Å². The maximum Gasteiger partial charge on any atom is 0.222 e. The number of carbonyl (C=O) groups excluding carboxylic acids is 1. The molecule has 1 amide bonds. The van der Waals surface area contributed by atoms with Gasteiger partial charge >= 0.3 is 0 Å². The standard InChI is InChI=1S/C22H26N2O2/c1-26-19-10-8-18-9-11-21(20(18)13-19)23-14-16-4-6-17(7-5-16)15-24-12-2-3-22(24)25/h4-8,10,13,21,23H,2-3,9,11-12,14-15H2,1H3. The molecule has 136 valence electrons. The van der Waals surface area contributed by atoms with Crippen molar-refractivity contribution in [2.75, 3.05) is 13.7 Å². The van der Waals surface area contributed by atoms with Gasteiger partial charge in [0.05, 0.1) is 7.11 Å². The van der Waals surface area contributed by atoms with Crippen molar-refractivity contribution < 1.29 is 9.53 Å². The number of fused-ring (bicyclic) bond motifs is 1. The maximum atomic E-state index is 11.7. The van der Waals surface area contributed by atoms with E-state index in [0.29, 0.717) is 12.5 Å². The first-order valence-corrected chi connectivity index (χ1v) is 9.49. The molecule has 26 heavy (non-hydrogen) atoms. The molecule has 1 saturated heterocycles. The third-order valence-corrected chi connectivity index (χ3v) is 5.55. The zero-order valence-corrected chi connectivity index (χ0v) is 15.3. The number of ether oxygens (including phenoxy) is 1. The maximum absolute atomic E-state index is 11.7. The molecule has 1 atom stereocenters. The lowest BCUT2D eigenvalue weighted by Gasteiger charge is -2.17. The molecule has 1 aliphatic carbocycles. The van der Waals surface area contributed by atoms with Crippen LogP contribution < -0.4 is 10.1 Å². The zero-order chi connectivity index (χ0) is 17.9. The number of methoxy groups -OCH3 is 1. The molecule has 0 radical (unpaired) electrons. The van der Waals surface area contributed by atoms with Gasteiger partial charge in [-0.2, -0.15) is 0 Å². The van der Waals surface area contributed by atoms with E-state index in [9.17, 15) is 4.79 Å². The van der Waals surface area contributed by atoms with E-state index in [0.717, 1.165) is 44.6 Å². The normalized spacial score (nSPS) is 19.0. The molecule has 1 aliphatic heterocycles. The van der Waals surface area contributed by atoms with Crippen molar-refractivity contribution in [2.45, 2.75) is 44.8 Å². The second-order valence-corrected chi connectivity index (χ2v) is 7.27. The van der Waals surface area contributed by atoms with Gasteiger partial charge in [-0.15, -0.1) is 0 Å². The van der Waals surface area contributed by atoms with E-state index in [1.807, 2.05) is 11.0 Å². The number of hydrogen-bond acceptors (Lipinski definition) is 3. The van der Waals surface area contributed by atoms with E-state index < -0.39 is 0 Å². The van der Waals surface area contributed by atoms with Gasteiger partial charge in [-0.05, 0) is 53.6 Å². The molecule has 0 spiro atoms. The molecule has 0 saturated carbocycles. The Morgan fingerprint density at radius 2 is 1.92 bits per heavy atom. The van der Waals surface area contributed by atoms with Crippen LogP contribution in [0.1, 0.15) is 47.6 Å².